The van der Waals surface area contributed by atoms with Crippen LogP contribution in [0.1, 0.15) is 27.6 Å². The highest BCUT2D eigenvalue weighted by atomic mass is 35.5. The third-order valence-electron chi connectivity index (χ3n) is 2.93. The van der Waals surface area contributed by atoms with Crippen molar-refractivity contribution in [2.24, 2.45) is 0 Å². The number of carbonyl (C=O) groups excluding carboxylic acids is 2. The van der Waals surface area contributed by atoms with Crippen molar-refractivity contribution in [3.05, 3.63) is 58.6 Å². The Morgan fingerprint density at radius 3 is 2.22 bits per heavy atom. The highest BCUT2D eigenvalue weighted by Crippen LogP contribution is 2.22. The number of nitrogens with one attached hydrogen (secondary N) is 2. The molecule has 3 N–H and O–H groups in total. The molecule has 0 bridgehead atoms. The minimum atomic E-state index is -1.17. The molecule has 0 aliphatic rings. The minimum absolute atomic E-state index is 0.0578. The molecule has 0 atom stereocenters. The summed E-state index contributed by atoms with van der Waals surface area (Å²) in [6.45, 7) is 1.38. The molecule has 0 aliphatic heterocycles. The van der Waals surface area contributed by atoms with Crippen LogP contribution in [0.4, 0.5) is 11.4 Å². The number of rotatable bonds is 4. The van der Waals surface area contributed by atoms with Crippen molar-refractivity contribution in [2.75, 3.05) is 10.6 Å². The van der Waals surface area contributed by atoms with E-state index in [1.807, 2.05) is 0 Å². The lowest BCUT2D eigenvalue weighted by Gasteiger charge is -2.09. The minimum Gasteiger partial charge on any atom is -0.478 e. The Balaban J connectivity index is 2.20. The number of hydrogen-bond donors (Lipinski definition) is 3. The second-order valence-electron chi connectivity index (χ2n) is 4.71. The SMILES string of the molecule is CC(=O)Nc1ccc(C(=O)Nc2cc(Cl)ccc2C(=O)O)cc1. The van der Waals surface area contributed by atoms with Crippen molar-refractivity contribution in [3.8, 4) is 0 Å². The topological polar surface area (TPSA) is 95.5 Å². The summed E-state index contributed by atoms with van der Waals surface area (Å²) in [5.74, 6) is -1.87. The molecule has 2 aromatic carbocycles. The summed E-state index contributed by atoms with van der Waals surface area (Å²) >= 11 is 5.84. The van der Waals surface area contributed by atoms with E-state index in [2.05, 4.69) is 10.6 Å². The van der Waals surface area contributed by atoms with Crippen LogP contribution in [0.15, 0.2) is 42.5 Å². The lowest BCUT2D eigenvalue weighted by atomic mass is 10.1. The van der Waals surface area contributed by atoms with Crippen LogP contribution in [0, 0.1) is 0 Å². The molecule has 0 saturated heterocycles. The summed E-state index contributed by atoms with van der Waals surface area (Å²) < 4.78 is 0. The Morgan fingerprint density at radius 2 is 1.65 bits per heavy atom. The number of carbonyl (C=O) groups is 3. The number of anilines is 2. The molecule has 2 aromatic rings. The number of carboxylic acids is 1. The fourth-order valence-electron chi connectivity index (χ4n) is 1.91. The van der Waals surface area contributed by atoms with E-state index in [1.165, 1.54) is 37.3 Å². The van der Waals surface area contributed by atoms with Crippen molar-refractivity contribution >= 4 is 40.8 Å². The van der Waals surface area contributed by atoms with Gasteiger partial charge < -0.3 is 15.7 Å². The standard InChI is InChI=1S/C16H13ClN2O4/c1-9(20)18-12-5-2-10(3-6-12)15(21)19-14-8-11(17)4-7-13(14)16(22)23/h2-8H,1H3,(H,18,20)(H,19,21)(H,22,23). The van der Waals surface area contributed by atoms with Crippen LogP contribution in [0.2, 0.25) is 5.02 Å². The third kappa shape index (κ3) is 4.31. The van der Waals surface area contributed by atoms with Crippen LogP contribution in [-0.2, 0) is 4.79 Å². The molecule has 0 unspecified atom stereocenters. The van der Waals surface area contributed by atoms with Gasteiger partial charge in [0.1, 0.15) is 0 Å². The van der Waals surface area contributed by atoms with Crippen LogP contribution >= 0.6 is 11.6 Å². The predicted molar refractivity (Wildman–Crippen MR) is 87.1 cm³/mol. The predicted octanol–water partition coefficient (Wildman–Crippen LogP) is 3.25. The Bertz CT molecular complexity index is 772. The second-order valence-corrected chi connectivity index (χ2v) is 5.14. The van der Waals surface area contributed by atoms with Gasteiger partial charge >= 0.3 is 5.97 Å². The number of benzene rings is 2. The number of hydrogen-bond acceptors (Lipinski definition) is 3. The van der Waals surface area contributed by atoms with Gasteiger partial charge in [-0.25, -0.2) is 4.79 Å². The zero-order valence-electron chi connectivity index (χ0n) is 12.1. The van der Waals surface area contributed by atoms with Crippen LogP contribution in [-0.4, -0.2) is 22.9 Å². The Labute approximate surface area is 137 Å². The highest BCUT2D eigenvalue weighted by molar-refractivity contribution is 6.31. The largest absolute Gasteiger partial charge is 0.478 e. The fourth-order valence-corrected chi connectivity index (χ4v) is 2.08. The molecule has 0 saturated carbocycles. The molecule has 2 rings (SSSR count). The van der Waals surface area contributed by atoms with E-state index in [-0.39, 0.29) is 17.2 Å². The molecule has 0 heterocycles. The normalized spacial score (nSPS) is 10.0. The first-order valence-corrected chi connectivity index (χ1v) is 6.96. The van der Waals surface area contributed by atoms with E-state index in [0.29, 0.717) is 16.3 Å². The van der Waals surface area contributed by atoms with Crippen molar-refractivity contribution in [2.45, 2.75) is 6.92 Å². The van der Waals surface area contributed by atoms with Gasteiger partial charge in [-0.3, -0.25) is 9.59 Å². The van der Waals surface area contributed by atoms with Crippen LogP contribution in [0.5, 0.6) is 0 Å². The quantitative estimate of drug-likeness (QED) is 0.800. The van der Waals surface area contributed by atoms with Gasteiger partial charge in [0.05, 0.1) is 11.3 Å². The van der Waals surface area contributed by atoms with Gasteiger partial charge in [-0.2, -0.15) is 0 Å². The summed E-state index contributed by atoms with van der Waals surface area (Å²) in [4.78, 5) is 34.3. The summed E-state index contributed by atoms with van der Waals surface area (Å²) in [6, 6.07) is 10.3. The average molecular weight is 333 g/mol. The van der Waals surface area contributed by atoms with Crippen LogP contribution in [0.25, 0.3) is 0 Å². The monoisotopic (exact) mass is 332 g/mol. The first kappa shape index (κ1) is 16.5. The summed E-state index contributed by atoms with van der Waals surface area (Å²) in [6.07, 6.45) is 0. The third-order valence-corrected chi connectivity index (χ3v) is 3.16. The first-order chi connectivity index (χ1) is 10.9. The van der Waals surface area contributed by atoms with Crippen LogP contribution < -0.4 is 10.6 Å². The van der Waals surface area contributed by atoms with Crippen molar-refractivity contribution in [1.29, 1.82) is 0 Å². The highest BCUT2D eigenvalue weighted by Gasteiger charge is 2.14. The Kier molecular flexibility index (Phi) is 4.98. The van der Waals surface area contributed by atoms with E-state index in [9.17, 15) is 14.4 Å². The van der Waals surface area contributed by atoms with Gasteiger partial charge in [0.2, 0.25) is 5.91 Å². The summed E-state index contributed by atoms with van der Waals surface area (Å²) in [5, 5.41) is 14.5. The molecule has 7 heteroatoms. The van der Waals surface area contributed by atoms with Gasteiger partial charge in [-0.15, -0.1) is 0 Å². The molecule has 23 heavy (non-hydrogen) atoms. The fraction of sp³-hybridized carbons (Fsp3) is 0.0625. The van der Waals surface area contributed by atoms with Gasteiger partial charge in [0.25, 0.3) is 5.91 Å². The van der Waals surface area contributed by atoms with Gasteiger partial charge in [0.15, 0.2) is 0 Å². The molecular formula is C16H13ClN2O4. The van der Waals surface area contributed by atoms with Crippen molar-refractivity contribution < 1.29 is 19.5 Å². The number of halogens is 1. The van der Waals surface area contributed by atoms with E-state index in [0.717, 1.165) is 0 Å². The number of aromatic carboxylic acids is 1. The molecular weight excluding hydrogens is 320 g/mol. The van der Waals surface area contributed by atoms with Gasteiger partial charge in [-0.1, -0.05) is 11.6 Å². The molecule has 2 amide bonds. The molecule has 0 spiro atoms. The lowest BCUT2D eigenvalue weighted by molar-refractivity contribution is -0.114. The van der Waals surface area contributed by atoms with Gasteiger partial charge in [-0.05, 0) is 42.5 Å². The van der Waals surface area contributed by atoms with E-state index >= 15 is 0 Å². The zero-order valence-corrected chi connectivity index (χ0v) is 12.8. The number of carboxylic acid groups (broad SMARTS) is 1. The maximum absolute atomic E-state index is 12.2. The molecule has 0 fully saturated rings. The smallest absolute Gasteiger partial charge is 0.337 e. The Morgan fingerprint density at radius 1 is 1.00 bits per heavy atom. The van der Waals surface area contributed by atoms with Gasteiger partial charge in [0, 0.05) is 23.2 Å². The average Bonchev–Trinajstić information content (AvgIpc) is 2.47. The second kappa shape index (κ2) is 6.93. The molecule has 0 radical (unpaired) electrons. The molecule has 0 aliphatic carbocycles. The van der Waals surface area contributed by atoms with E-state index < -0.39 is 11.9 Å². The maximum Gasteiger partial charge on any atom is 0.337 e. The number of amides is 2. The first-order valence-electron chi connectivity index (χ1n) is 6.58. The Hall–Kier alpha value is -2.86. The molecule has 6 nitrogen and oxygen atoms in total. The lowest BCUT2D eigenvalue weighted by Crippen LogP contribution is -2.15. The van der Waals surface area contributed by atoms with E-state index in [1.54, 1.807) is 12.1 Å². The van der Waals surface area contributed by atoms with Crippen molar-refractivity contribution in [1.82, 2.24) is 0 Å². The molecule has 118 valence electrons. The van der Waals surface area contributed by atoms with Crippen molar-refractivity contribution in [3.63, 3.8) is 0 Å². The molecule has 0 aromatic heterocycles. The zero-order chi connectivity index (χ0) is 17.0. The summed E-state index contributed by atoms with van der Waals surface area (Å²) in [7, 11) is 0. The summed E-state index contributed by atoms with van der Waals surface area (Å²) in [5.41, 5.74) is 0.928. The van der Waals surface area contributed by atoms with Crippen LogP contribution in [0.3, 0.4) is 0 Å². The van der Waals surface area contributed by atoms with E-state index in [4.69, 9.17) is 16.7 Å². The maximum atomic E-state index is 12.2.